The Labute approximate surface area is 363 Å². The van der Waals surface area contributed by atoms with Crippen molar-refractivity contribution in [1.29, 1.82) is 0 Å². The Morgan fingerprint density at radius 3 is 0.982 bits per heavy atom. The maximum Gasteiger partial charge on any atom is 0.340 e. The molecule has 0 bridgehead atoms. The van der Waals surface area contributed by atoms with Gasteiger partial charge in [-0.1, -0.05) is 181 Å². The summed E-state index contributed by atoms with van der Waals surface area (Å²) in [7, 11) is 0. The quantitative estimate of drug-likeness (QED) is 0.0442. The lowest BCUT2D eigenvalue weighted by atomic mass is 10.0. The van der Waals surface area contributed by atoms with E-state index in [4.69, 9.17) is 9.47 Å². The zero-order valence-electron chi connectivity index (χ0n) is 34.1. The first kappa shape index (κ1) is 48.4. The van der Waals surface area contributed by atoms with Crippen LogP contribution in [0, 0.1) is 0 Å². The fourth-order valence-electron chi connectivity index (χ4n) is 6.94. The van der Waals surface area contributed by atoms with E-state index in [9.17, 15) is 9.59 Å². The predicted octanol–water partition coefficient (Wildman–Crippen LogP) is 18.0. The van der Waals surface area contributed by atoms with Crippen molar-refractivity contribution in [3.05, 3.63) is 43.0 Å². The number of hydrogen-bond donors (Lipinski definition) is 0. The van der Waals surface area contributed by atoms with Gasteiger partial charge < -0.3 is 9.47 Å². The summed E-state index contributed by atoms with van der Waals surface area (Å²) in [4.78, 5) is 30.0. The van der Waals surface area contributed by atoms with Crippen molar-refractivity contribution < 1.29 is 19.1 Å². The Kier molecular flexibility index (Phi) is 27.3. The maximum absolute atomic E-state index is 12.9. The summed E-state index contributed by atoms with van der Waals surface area (Å²) in [5.74, 6) is -0.527. The van der Waals surface area contributed by atoms with Gasteiger partial charge >= 0.3 is 11.9 Å². The van der Waals surface area contributed by atoms with E-state index in [0.717, 1.165) is 52.8 Å². The largest absolute Gasteiger partial charge is 0.462 e. The van der Waals surface area contributed by atoms with Crippen LogP contribution in [0.4, 0.5) is 0 Å². The second kappa shape index (κ2) is 31.0. The third-order valence-electron chi connectivity index (χ3n) is 10.4. The zero-order valence-corrected chi connectivity index (χ0v) is 39.8. The van der Waals surface area contributed by atoms with E-state index >= 15 is 0 Å². The van der Waals surface area contributed by atoms with Gasteiger partial charge in [0.1, 0.15) is 0 Å². The fourth-order valence-corrected chi connectivity index (χ4v) is 11.4. The molecular formula is C46H70Br2O4S3. The average molecular weight is 943 g/mol. The highest BCUT2D eigenvalue weighted by Gasteiger charge is 2.20. The van der Waals surface area contributed by atoms with Crippen molar-refractivity contribution in [2.24, 2.45) is 0 Å². The highest BCUT2D eigenvalue weighted by molar-refractivity contribution is 9.11. The molecule has 0 aliphatic rings. The van der Waals surface area contributed by atoms with Crippen molar-refractivity contribution in [1.82, 2.24) is 0 Å². The van der Waals surface area contributed by atoms with Crippen molar-refractivity contribution in [2.75, 3.05) is 13.2 Å². The van der Waals surface area contributed by atoms with Gasteiger partial charge in [-0.3, -0.25) is 0 Å². The first-order chi connectivity index (χ1) is 26.9. The van der Waals surface area contributed by atoms with Gasteiger partial charge in [-0.05, 0) is 69.0 Å². The molecule has 0 saturated heterocycles. The minimum atomic E-state index is -0.264. The molecule has 0 aliphatic heterocycles. The van der Waals surface area contributed by atoms with Crippen LogP contribution in [0.3, 0.4) is 0 Å². The second-order valence-corrected chi connectivity index (χ2v) is 21.0. The van der Waals surface area contributed by atoms with E-state index in [1.807, 2.05) is 12.1 Å². The van der Waals surface area contributed by atoms with Crippen molar-refractivity contribution in [3.63, 3.8) is 0 Å². The summed E-state index contributed by atoms with van der Waals surface area (Å²) >= 11 is 12.0. The second-order valence-electron chi connectivity index (χ2n) is 15.2. The van der Waals surface area contributed by atoms with Crippen LogP contribution in [0.5, 0.6) is 0 Å². The molecule has 55 heavy (non-hydrogen) atoms. The standard InChI is InChI=1S/C46H70Br2O4S3/c1-3-5-7-9-11-13-15-17-19-21-23-25-27-29-33-51-45(49)37-35-41(54-43(37)47)39-31-32-40(53-39)42-36-38(44(48)55-42)46(50)52-34-30-28-26-24-22-20-18-16-14-12-10-8-6-4-2/h31-32,35-36H,3-30,33-34H2,1-2H3. The lowest BCUT2D eigenvalue weighted by molar-refractivity contribution is 0.0488. The highest BCUT2D eigenvalue weighted by Crippen LogP contribution is 2.44. The summed E-state index contributed by atoms with van der Waals surface area (Å²) < 4.78 is 12.9. The van der Waals surface area contributed by atoms with E-state index < -0.39 is 0 Å². The molecule has 0 aliphatic carbocycles. The first-order valence-electron chi connectivity index (χ1n) is 22.0. The number of ether oxygens (including phenoxy) is 2. The van der Waals surface area contributed by atoms with E-state index in [-0.39, 0.29) is 11.9 Å². The molecule has 3 rings (SSSR count). The van der Waals surface area contributed by atoms with Gasteiger partial charge in [0.05, 0.1) is 31.9 Å². The molecule has 3 aromatic heterocycles. The molecule has 0 atom stereocenters. The zero-order chi connectivity index (χ0) is 39.4. The monoisotopic (exact) mass is 940 g/mol. The molecule has 0 spiro atoms. The number of carbonyl (C=O) groups excluding carboxylic acids is 2. The summed E-state index contributed by atoms with van der Waals surface area (Å²) in [5.41, 5.74) is 1.17. The van der Waals surface area contributed by atoms with E-state index in [1.54, 1.807) is 34.0 Å². The maximum atomic E-state index is 12.9. The normalized spacial score (nSPS) is 11.4. The summed E-state index contributed by atoms with van der Waals surface area (Å²) in [6, 6.07) is 8.04. The smallest absolute Gasteiger partial charge is 0.340 e. The first-order valence-corrected chi connectivity index (χ1v) is 26.0. The lowest BCUT2D eigenvalue weighted by Crippen LogP contribution is -2.05. The van der Waals surface area contributed by atoms with Crippen LogP contribution in [-0.2, 0) is 9.47 Å². The molecule has 310 valence electrons. The number of halogens is 2. The minimum Gasteiger partial charge on any atom is -0.462 e. The summed E-state index contributed by atoms with van der Waals surface area (Å²) in [5, 5.41) is 0. The number of rotatable bonds is 34. The van der Waals surface area contributed by atoms with Crippen LogP contribution in [0.1, 0.15) is 214 Å². The molecular weight excluding hydrogens is 873 g/mol. The molecule has 0 radical (unpaired) electrons. The van der Waals surface area contributed by atoms with E-state index in [2.05, 4.69) is 57.8 Å². The molecule has 0 fully saturated rings. The third kappa shape index (κ3) is 20.5. The van der Waals surface area contributed by atoms with Crippen molar-refractivity contribution >= 4 is 77.8 Å². The Morgan fingerprint density at radius 2 is 0.691 bits per heavy atom. The van der Waals surface area contributed by atoms with Crippen molar-refractivity contribution in [3.8, 4) is 19.5 Å². The minimum absolute atomic E-state index is 0.264. The molecule has 0 amide bonds. The molecule has 3 aromatic rings. The highest BCUT2D eigenvalue weighted by atomic mass is 79.9. The molecule has 0 saturated carbocycles. The Morgan fingerprint density at radius 1 is 0.418 bits per heavy atom. The predicted molar refractivity (Wildman–Crippen MR) is 248 cm³/mol. The van der Waals surface area contributed by atoms with Gasteiger partial charge in [-0.15, -0.1) is 34.0 Å². The van der Waals surface area contributed by atoms with Gasteiger partial charge in [0.25, 0.3) is 0 Å². The Hall–Kier alpha value is -1.00. The Bertz CT molecular complexity index is 1340. The molecule has 4 nitrogen and oxygen atoms in total. The SMILES string of the molecule is CCCCCCCCCCCCCCCCOC(=O)c1cc(-c2ccc(-c3cc(C(=O)OCCCCCCCCCCCCCCCC)c(Br)s3)s2)sc1Br. The summed E-state index contributed by atoms with van der Waals surface area (Å²) in [6.07, 6.45) is 36.6. The van der Waals surface area contributed by atoms with Crippen LogP contribution >= 0.6 is 65.9 Å². The number of hydrogen-bond acceptors (Lipinski definition) is 7. The van der Waals surface area contributed by atoms with E-state index in [1.165, 1.54) is 154 Å². The third-order valence-corrected chi connectivity index (χ3v) is 15.5. The van der Waals surface area contributed by atoms with Gasteiger partial charge in [0.2, 0.25) is 0 Å². The van der Waals surface area contributed by atoms with Crippen molar-refractivity contribution in [2.45, 2.75) is 194 Å². The van der Waals surface area contributed by atoms with Crippen LogP contribution in [0.2, 0.25) is 0 Å². The van der Waals surface area contributed by atoms with E-state index in [0.29, 0.717) is 24.3 Å². The average Bonchev–Trinajstić information content (AvgIpc) is 3.93. The van der Waals surface area contributed by atoms with Crippen LogP contribution in [0.15, 0.2) is 31.8 Å². The van der Waals surface area contributed by atoms with Crippen LogP contribution < -0.4 is 0 Å². The van der Waals surface area contributed by atoms with Crippen LogP contribution in [-0.4, -0.2) is 25.2 Å². The van der Waals surface area contributed by atoms with Crippen LogP contribution in [0.25, 0.3) is 19.5 Å². The molecule has 3 heterocycles. The van der Waals surface area contributed by atoms with Gasteiger partial charge in [0.15, 0.2) is 0 Å². The number of carbonyl (C=O) groups is 2. The van der Waals surface area contributed by atoms with Gasteiger partial charge in [0, 0.05) is 19.5 Å². The van der Waals surface area contributed by atoms with Gasteiger partial charge in [-0.25, -0.2) is 9.59 Å². The summed E-state index contributed by atoms with van der Waals surface area (Å²) in [6.45, 7) is 5.49. The number of esters is 2. The molecule has 0 N–H and O–H groups in total. The molecule has 0 unspecified atom stereocenters. The topological polar surface area (TPSA) is 52.6 Å². The Balaban J connectivity index is 1.27. The number of thiophene rings is 3. The molecule has 9 heteroatoms. The fraction of sp³-hybridized carbons (Fsp3) is 0.696. The molecule has 0 aromatic carbocycles. The van der Waals surface area contributed by atoms with Gasteiger partial charge in [-0.2, -0.15) is 0 Å². The number of unbranched alkanes of at least 4 members (excludes halogenated alkanes) is 26. The lowest BCUT2D eigenvalue weighted by Gasteiger charge is -2.05.